The second-order valence-corrected chi connectivity index (χ2v) is 9.49. The molecule has 3 nitrogen and oxygen atoms in total. The van der Waals surface area contributed by atoms with E-state index in [1.165, 1.54) is 0 Å². The van der Waals surface area contributed by atoms with Gasteiger partial charge in [-0.05, 0) is 71.1 Å². The first-order valence-electron chi connectivity index (χ1n) is 7.96. The Hall–Kier alpha value is -1.03. The molecule has 0 aliphatic carbocycles. The third-order valence-electron chi connectivity index (χ3n) is 3.43. The fraction of sp³-hybridized carbons (Fsp3) is 0.667. The highest BCUT2D eigenvalue weighted by atomic mass is 32.2. The van der Waals surface area contributed by atoms with E-state index in [1.54, 1.807) is 6.07 Å². The van der Waals surface area contributed by atoms with E-state index in [4.69, 9.17) is 4.74 Å². The van der Waals surface area contributed by atoms with Crippen molar-refractivity contribution in [2.75, 3.05) is 5.75 Å². The number of ether oxygens (including phenoxy) is 1. The summed E-state index contributed by atoms with van der Waals surface area (Å²) in [4.78, 5) is 0. The summed E-state index contributed by atoms with van der Waals surface area (Å²) < 4.78 is 17.6. The van der Waals surface area contributed by atoms with E-state index >= 15 is 0 Å². The maximum atomic E-state index is 12.2. The highest BCUT2D eigenvalue weighted by Gasteiger charge is 2.21. The second kappa shape index (κ2) is 8.00. The molecule has 0 saturated carbocycles. The van der Waals surface area contributed by atoms with Crippen molar-refractivity contribution in [3.8, 4) is 11.5 Å². The molecular formula is C18H30O3S. The van der Waals surface area contributed by atoms with Crippen molar-refractivity contribution in [1.29, 1.82) is 0 Å². The summed E-state index contributed by atoms with van der Waals surface area (Å²) in [6, 6.07) is 5.52. The first kappa shape index (κ1) is 19.0. The zero-order valence-corrected chi connectivity index (χ0v) is 15.5. The van der Waals surface area contributed by atoms with Crippen LogP contribution in [0.15, 0.2) is 18.2 Å². The van der Waals surface area contributed by atoms with Crippen molar-refractivity contribution in [1.82, 2.24) is 0 Å². The minimum atomic E-state index is -0.806. The van der Waals surface area contributed by atoms with E-state index in [9.17, 15) is 9.32 Å². The van der Waals surface area contributed by atoms with Gasteiger partial charge in [0.15, 0.2) is 11.5 Å². The predicted octanol–water partition coefficient (Wildman–Crippen LogP) is 4.30. The van der Waals surface area contributed by atoms with Crippen LogP contribution in [-0.2, 0) is 17.2 Å². The SMILES string of the molecule is CC(C)Oc1cc(CC[C@@H](C)C[S@](=O)C(C)(C)C)ccc1O. The Morgan fingerprint density at radius 2 is 1.86 bits per heavy atom. The predicted molar refractivity (Wildman–Crippen MR) is 94.1 cm³/mol. The molecule has 0 fully saturated rings. The lowest BCUT2D eigenvalue weighted by Gasteiger charge is -2.21. The van der Waals surface area contributed by atoms with Crippen LogP contribution in [0.25, 0.3) is 0 Å². The van der Waals surface area contributed by atoms with Gasteiger partial charge in [-0.25, -0.2) is 0 Å². The molecule has 1 aromatic carbocycles. The summed E-state index contributed by atoms with van der Waals surface area (Å²) in [5.74, 6) is 1.86. The first-order chi connectivity index (χ1) is 10.1. The number of phenols is 1. The van der Waals surface area contributed by atoms with Crippen LogP contribution in [0.5, 0.6) is 11.5 Å². The van der Waals surface area contributed by atoms with Gasteiger partial charge in [0.05, 0.1) is 6.10 Å². The number of aryl methyl sites for hydroxylation is 1. The fourth-order valence-electron chi connectivity index (χ4n) is 2.07. The van der Waals surface area contributed by atoms with Gasteiger partial charge >= 0.3 is 0 Å². The summed E-state index contributed by atoms with van der Waals surface area (Å²) in [5, 5.41) is 9.80. The topological polar surface area (TPSA) is 46.5 Å². The van der Waals surface area contributed by atoms with E-state index in [2.05, 4.69) is 6.92 Å². The normalized spacial score (nSPS) is 14.9. The van der Waals surface area contributed by atoms with Crippen molar-refractivity contribution in [2.24, 2.45) is 5.92 Å². The quantitative estimate of drug-likeness (QED) is 0.813. The summed E-state index contributed by atoms with van der Waals surface area (Å²) >= 11 is 0. The number of rotatable bonds is 7. The Kier molecular flexibility index (Phi) is 6.92. The molecular weight excluding hydrogens is 296 g/mol. The molecule has 1 N–H and O–H groups in total. The third-order valence-corrected chi connectivity index (χ3v) is 5.67. The van der Waals surface area contributed by atoms with Crippen molar-refractivity contribution >= 4 is 10.8 Å². The Morgan fingerprint density at radius 3 is 2.41 bits per heavy atom. The van der Waals surface area contributed by atoms with Gasteiger partial charge in [0.2, 0.25) is 0 Å². The van der Waals surface area contributed by atoms with Gasteiger partial charge in [-0.2, -0.15) is 0 Å². The molecule has 1 aromatic rings. The lowest BCUT2D eigenvalue weighted by Crippen LogP contribution is -2.26. The third kappa shape index (κ3) is 6.39. The van der Waals surface area contributed by atoms with Crippen LogP contribution in [0.3, 0.4) is 0 Å². The summed E-state index contributed by atoms with van der Waals surface area (Å²) in [5.41, 5.74) is 1.14. The van der Waals surface area contributed by atoms with Crippen LogP contribution in [0.2, 0.25) is 0 Å². The van der Waals surface area contributed by atoms with Crippen LogP contribution < -0.4 is 4.74 Å². The van der Waals surface area contributed by atoms with Crippen LogP contribution in [0, 0.1) is 5.92 Å². The van der Waals surface area contributed by atoms with Crippen molar-refractivity contribution in [2.45, 2.75) is 65.2 Å². The molecule has 0 heterocycles. The summed E-state index contributed by atoms with van der Waals surface area (Å²) in [7, 11) is -0.806. The number of hydrogen-bond acceptors (Lipinski definition) is 3. The van der Waals surface area contributed by atoms with Gasteiger partial charge in [-0.15, -0.1) is 0 Å². The second-order valence-electron chi connectivity index (χ2n) is 7.24. The lowest BCUT2D eigenvalue weighted by molar-refractivity contribution is 0.231. The maximum absolute atomic E-state index is 12.2. The van der Waals surface area contributed by atoms with E-state index in [0.717, 1.165) is 24.2 Å². The number of benzene rings is 1. The minimum Gasteiger partial charge on any atom is -0.504 e. The van der Waals surface area contributed by atoms with Crippen LogP contribution >= 0.6 is 0 Å². The van der Waals surface area contributed by atoms with Gasteiger partial charge in [0.1, 0.15) is 0 Å². The molecule has 0 aromatic heterocycles. The number of hydrogen-bond donors (Lipinski definition) is 1. The Labute approximate surface area is 137 Å². The number of phenolic OH excluding ortho intramolecular Hbond substituents is 1. The largest absolute Gasteiger partial charge is 0.504 e. The van der Waals surface area contributed by atoms with Gasteiger partial charge < -0.3 is 9.84 Å². The molecule has 0 saturated heterocycles. The molecule has 0 amide bonds. The molecule has 22 heavy (non-hydrogen) atoms. The number of aromatic hydroxyl groups is 1. The van der Waals surface area contributed by atoms with Crippen molar-refractivity contribution < 1.29 is 14.1 Å². The average Bonchev–Trinajstić information content (AvgIpc) is 2.38. The van der Waals surface area contributed by atoms with Gasteiger partial charge in [-0.1, -0.05) is 13.0 Å². The zero-order chi connectivity index (χ0) is 16.9. The standard InChI is InChI=1S/C18H30O3S/c1-13(2)21-17-11-15(9-10-16(17)19)8-7-14(3)12-22(20)18(4,5)6/h9-11,13-14,19H,7-8,12H2,1-6H3/t14-,22+/m1/s1. The van der Waals surface area contributed by atoms with E-state index in [0.29, 0.717) is 11.7 Å². The molecule has 126 valence electrons. The smallest absolute Gasteiger partial charge is 0.161 e. The minimum absolute atomic E-state index is 0.0364. The Balaban J connectivity index is 2.59. The average molecular weight is 327 g/mol. The molecule has 0 aliphatic heterocycles. The maximum Gasteiger partial charge on any atom is 0.161 e. The zero-order valence-electron chi connectivity index (χ0n) is 14.7. The Bertz CT molecular complexity index is 504. The van der Waals surface area contributed by atoms with Gasteiger partial charge in [0, 0.05) is 21.3 Å². The molecule has 0 aliphatic rings. The molecule has 0 unspecified atom stereocenters. The van der Waals surface area contributed by atoms with Crippen molar-refractivity contribution in [3.63, 3.8) is 0 Å². The highest BCUT2D eigenvalue weighted by Crippen LogP contribution is 2.28. The summed E-state index contributed by atoms with van der Waals surface area (Å²) in [6.45, 7) is 12.1. The summed E-state index contributed by atoms with van der Waals surface area (Å²) in [6.07, 6.45) is 1.92. The highest BCUT2D eigenvalue weighted by molar-refractivity contribution is 7.86. The first-order valence-corrected chi connectivity index (χ1v) is 9.28. The van der Waals surface area contributed by atoms with Crippen LogP contribution in [0.1, 0.15) is 53.5 Å². The Morgan fingerprint density at radius 1 is 1.23 bits per heavy atom. The lowest BCUT2D eigenvalue weighted by atomic mass is 10.0. The van der Waals surface area contributed by atoms with E-state index < -0.39 is 10.8 Å². The molecule has 2 atom stereocenters. The molecule has 0 bridgehead atoms. The molecule has 0 spiro atoms. The van der Waals surface area contributed by atoms with Crippen LogP contribution in [0.4, 0.5) is 0 Å². The molecule has 4 heteroatoms. The monoisotopic (exact) mass is 326 g/mol. The molecule has 1 rings (SSSR count). The van der Waals surface area contributed by atoms with Gasteiger partial charge in [-0.3, -0.25) is 4.21 Å². The van der Waals surface area contributed by atoms with Gasteiger partial charge in [0.25, 0.3) is 0 Å². The van der Waals surface area contributed by atoms with Crippen LogP contribution in [-0.4, -0.2) is 25.9 Å². The van der Waals surface area contributed by atoms with E-state index in [1.807, 2.05) is 46.8 Å². The molecule has 0 radical (unpaired) electrons. The fourth-order valence-corrected chi connectivity index (χ4v) is 3.25. The van der Waals surface area contributed by atoms with E-state index in [-0.39, 0.29) is 16.6 Å². The van der Waals surface area contributed by atoms with Crippen molar-refractivity contribution in [3.05, 3.63) is 23.8 Å².